The van der Waals surface area contributed by atoms with Crippen molar-refractivity contribution < 1.29 is 28.2 Å². The summed E-state index contributed by atoms with van der Waals surface area (Å²) in [6, 6.07) is 9.32. The summed E-state index contributed by atoms with van der Waals surface area (Å²) >= 11 is 5.76. The second kappa shape index (κ2) is 11.2. The smallest absolute Gasteiger partial charge is 0.321 e. The van der Waals surface area contributed by atoms with Gasteiger partial charge in [0.1, 0.15) is 0 Å². The highest BCUT2D eigenvalue weighted by molar-refractivity contribution is 7.89. The third-order valence-electron chi connectivity index (χ3n) is 5.06. The minimum absolute atomic E-state index is 0.0247. The molecule has 1 aromatic carbocycles. The SMILES string of the molecule is O=C(O)C(CCCCNS(=O)(=O)c1ccc(Cl)cc1)(CCCc1cccnc1)C(=O)O. The van der Waals surface area contributed by atoms with Crippen molar-refractivity contribution in [1.82, 2.24) is 9.71 Å². The Morgan fingerprint density at radius 3 is 2.23 bits per heavy atom. The summed E-state index contributed by atoms with van der Waals surface area (Å²) in [5.74, 6) is -2.76. The van der Waals surface area contributed by atoms with Gasteiger partial charge >= 0.3 is 11.9 Å². The van der Waals surface area contributed by atoms with Crippen LogP contribution < -0.4 is 4.72 Å². The summed E-state index contributed by atoms with van der Waals surface area (Å²) in [6.07, 6.45) is 4.63. The predicted molar refractivity (Wildman–Crippen MR) is 115 cm³/mol. The molecule has 1 heterocycles. The summed E-state index contributed by atoms with van der Waals surface area (Å²) in [5.41, 5.74) is -0.999. The van der Waals surface area contributed by atoms with E-state index in [0.29, 0.717) is 24.3 Å². The van der Waals surface area contributed by atoms with Gasteiger partial charge in [0.05, 0.1) is 4.90 Å². The third-order valence-corrected chi connectivity index (χ3v) is 6.79. The molecule has 3 N–H and O–H groups in total. The van der Waals surface area contributed by atoms with Crippen molar-refractivity contribution in [3.8, 4) is 0 Å². The molecule has 8 nitrogen and oxygen atoms in total. The number of aryl methyl sites for hydroxylation is 1. The number of carboxylic acid groups (broad SMARTS) is 2. The molecule has 1 aromatic heterocycles. The van der Waals surface area contributed by atoms with Crippen LogP contribution in [0.5, 0.6) is 0 Å². The predicted octanol–water partition coefficient (Wildman–Crippen LogP) is 3.36. The number of aliphatic carboxylic acids is 2. The third kappa shape index (κ3) is 7.02. The molecule has 0 unspecified atom stereocenters. The van der Waals surface area contributed by atoms with E-state index in [9.17, 15) is 28.2 Å². The zero-order chi connectivity index (χ0) is 22.9. The topological polar surface area (TPSA) is 134 Å². The van der Waals surface area contributed by atoms with Gasteiger partial charge in [-0.1, -0.05) is 24.1 Å². The van der Waals surface area contributed by atoms with Crippen LogP contribution in [0.2, 0.25) is 5.02 Å². The Bertz CT molecular complexity index is 967. The zero-order valence-electron chi connectivity index (χ0n) is 16.8. The molecule has 31 heavy (non-hydrogen) atoms. The van der Waals surface area contributed by atoms with Gasteiger partial charge in [-0.15, -0.1) is 0 Å². The molecule has 2 aromatic rings. The summed E-state index contributed by atoms with van der Waals surface area (Å²) in [6.45, 7) is 0.0654. The standard InChI is InChI=1S/C21H25ClN2O6S/c22-17-7-9-18(10-8-17)31(29,30)24-14-2-1-11-21(19(25)26,20(27)28)12-3-5-16-6-4-13-23-15-16/h4,6-10,13,15,24H,1-3,5,11-12,14H2,(H,25,26)(H,27,28). The Labute approximate surface area is 186 Å². The van der Waals surface area contributed by atoms with Crippen molar-refractivity contribution >= 4 is 33.6 Å². The van der Waals surface area contributed by atoms with Crippen molar-refractivity contribution in [2.24, 2.45) is 5.41 Å². The Morgan fingerprint density at radius 2 is 1.65 bits per heavy atom. The van der Waals surface area contributed by atoms with E-state index in [4.69, 9.17) is 11.6 Å². The highest BCUT2D eigenvalue weighted by Crippen LogP contribution is 2.32. The number of nitrogens with one attached hydrogen (secondary N) is 1. The van der Waals surface area contributed by atoms with Gasteiger partial charge < -0.3 is 10.2 Å². The Hall–Kier alpha value is -2.49. The van der Waals surface area contributed by atoms with Crippen LogP contribution in [0, 0.1) is 5.41 Å². The van der Waals surface area contributed by atoms with Crippen molar-refractivity contribution in [2.75, 3.05) is 6.54 Å². The van der Waals surface area contributed by atoms with E-state index in [1.807, 2.05) is 6.07 Å². The molecule has 0 fully saturated rings. The molecule has 0 saturated heterocycles. The number of benzene rings is 1. The highest BCUT2D eigenvalue weighted by atomic mass is 35.5. The largest absolute Gasteiger partial charge is 0.480 e. The number of nitrogens with zero attached hydrogens (tertiary/aromatic N) is 1. The lowest BCUT2D eigenvalue weighted by atomic mass is 9.78. The summed E-state index contributed by atoms with van der Waals surface area (Å²) in [5, 5.41) is 19.7. The lowest BCUT2D eigenvalue weighted by Gasteiger charge is -2.25. The number of carbonyl (C=O) groups is 2. The fourth-order valence-electron chi connectivity index (χ4n) is 3.24. The van der Waals surface area contributed by atoms with Crippen molar-refractivity contribution in [1.29, 1.82) is 0 Å². The highest BCUT2D eigenvalue weighted by Gasteiger charge is 2.45. The molecule has 0 radical (unpaired) electrons. The maximum absolute atomic E-state index is 12.2. The van der Waals surface area contributed by atoms with Crippen LogP contribution in [0.4, 0.5) is 0 Å². The number of hydrogen-bond acceptors (Lipinski definition) is 5. The van der Waals surface area contributed by atoms with Crippen LogP contribution in [0.1, 0.15) is 37.7 Å². The molecule has 0 saturated carbocycles. The zero-order valence-corrected chi connectivity index (χ0v) is 18.4. The molecule has 0 aliphatic carbocycles. The molecule has 0 atom stereocenters. The molecule has 0 aliphatic heterocycles. The van der Waals surface area contributed by atoms with Crippen LogP contribution in [0.15, 0.2) is 53.7 Å². The molecule has 10 heteroatoms. The summed E-state index contributed by atoms with van der Waals surface area (Å²) < 4.78 is 26.9. The summed E-state index contributed by atoms with van der Waals surface area (Å²) in [4.78, 5) is 27.7. The van der Waals surface area contributed by atoms with Gasteiger partial charge in [0.15, 0.2) is 5.41 Å². The second-order valence-electron chi connectivity index (χ2n) is 7.22. The lowest BCUT2D eigenvalue weighted by molar-refractivity contribution is -0.166. The number of halogens is 1. The number of hydrogen-bond donors (Lipinski definition) is 3. The van der Waals surface area contributed by atoms with Gasteiger partial charge in [-0.2, -0.15) is 0 Å². The van der Waals surface area contributed by atoms with Crippen molar-refractivity contribution in [3.05, 3.63) is 59.4 Å². The van der Waals surface area contributed by atoms with Crippen molar-refractivity contribution in [3.63, 3.8) is 0 Å². The number of pyridine rings is 1. The lowest BCUT2D eigenvalue weighted by Crippen LogP contribution is -2.39. The Kier molecular flexibility index (Phi) is 8.97. The first-order chi connectivity index (χ1) is 14.7. The van der Waals surface area contributed by atoms with E-state index in [0.717, 1.165) is 5.56 Å². The van der Waals surface area contributed by atoms with E-state index < -0.39 is 27.4 Å². The molecule has 0 bridgehead atoms. The maximum Gasteiger partial charge on any atom is 0.321 e. The van der Waals surface area contributed by atoms with Crippen LogP contribution in [-0.4, -0.2) is 42.1 Å². The summed E-state index contributed by atoms with van der Waals surface area (Å²) in [7, 11) is -3.72. The number of aromatic nitrogens is 1. The van der Waals surface area contributed by atoms with E-state index in [2.05, 4.69) is 9.71 Å². The average Bonchev–Trinajstić information content (AvgIpc) is 2.72. The quantitative estimate of drug-likeness (QED) is 0.303. The average molecular weight is 469 g/mol. The van der Waals surface area contributed by atoms with Crippen molar-refractivity contribution in [2.45, 2.75) is 43.4 Å². The van der Waals surface area contributed by atoms with Crippen LogP contribution in [0.25, 0.3) is 0 Å². The molecule has 0 amide bonds. The Balaban J connectivity index is 1.89. The fourth-order valence-corrected chi connectivity index (χ4v) is 4.44. The van der Waals surface area contributed by atoms with E-state index in [-0.39, 0.29) is 30.7 Å². The van der Waals surface area contributed by atoms with Crippen LogP contribution in [-0.2, 0) is 26.0 Å². The van der Waals surface area contributed by atoms with Crippen LogP contribution in [0.3, 0.4) is 0 Å². The molecule has 168 valence electrons. The minimum atomic E-state index is -3.72. The van der Waals surface area contributed by atoms with Gasteiger partial charge in [0, 0.05) is 24.0 Å². The first-order valence-electron chi connectivity index (χ1n) is 9.78. The monoisotopic (exact) mass is 468 g/mol. The molecule has 0 aliphatic rings. The van der Waals surface area contributed by atoms with E-state index >= 15 is 0 Å². The van der Waals surface area contributed by atoms with Gasteiger partial charge in [-0.3, -0.25) is 14.6 Å². The normalized spacial score (nSPS) is 11.9. The maximum atomic E-state index is 12.2. The van der Waals surface area contributed by atoms with Gasteiger partial charge in [0.2, 0.25) is 10.0 Å². The molecule has 0 spiro atoms. The van der Waals surface area contributed by atoms with Crippen LogP contribution >= 0.6 is 11.6 Å². The number of sulfonamides is 1. The molecular weight excluding hydrogens is 444 g/mol. The first kappa shape index (κ1) is 24.8. The van der Waals surface area contributed by atoms with Gasteiger partial charge in [-0.05, 0) is 68.0 Å². The molecule has 2 rings (SSSR count). The number of unbranched alkanes of at least 4 members (excludes halogenated alkanes) is 1. The van der Waals surface area contributed by atoms with E-state index in [1.165, 1.54) is 24.3 Å². The number of carboxylic acids is 2. The van der Waals surface area contributed by atoms with Gasteiger partial charge in [-0.25, -0.2) is 13.1 Å². The first-order valence-corrected chi connectivity index (χ1v) is 11.6. The number of rotatable bonds is 13. The molecular formula is C21H25ClN2O6S. The second-order valence-corrected chi connectivity index (χ2v) is 9.42. The van der Waals surface area contributed by atoms with E-state index in [1.54, 1.807) is 18.5 Å². The van der Waals surface area contributed by atoms with Gasteiger partial charge in [0.25, 0.3) is 0 Å². The minimum Gasteiger partial charge on any atom is -0.480 e. The fraction of sp³-hybridized carbons (Fsp3) is 0.381. The Morgan fingerprint density at radius 1 is 1.00 bits per heavy atom.